The Balaban J connectivity index is 1.59. The van der Waals surface area contributed by atoms with E-state index >= 15 is 0 Å². The van der Waals surface area contributed by atoms with Crippen LogP contribution in [-0.2, 0) is 16.1 Å². The third-order valence-corrected chi connectivity index (χ3v) is 5.55. The van der Waals surface area contributed by atoms with Crippen molar-refractivity contribution in [3.8, 4) is 17.2 Å². The number of carbonyl (C=O) groups is 3. The summed E-state index contributed by atoms with van der Waals surface area (Å²) in [5.41, 5.74) is 0.787. The molecule has 10 nitrogen and oxygen atoms in total. The topological polar surface area (TPSA) is 111 Å². The molecule has 1 aromatic heterocycles. The van der Waals surface area contributed by atoms with Gasteiger partial charge in [0.1, 0.15) is 29.1 Å². The highest BCUT2D eigenvalue weighted by molar-refractivity contribution is 6.22. The molecule has 1 fully saturated rings. The Morgan fingerprint density at radius 3 is 2.29 bits per heavy atom. The Bertz CT molecular complexity index is 1200. The molecule has 4 amide bonds. The van der Waals surface area contributed by atoms with Crippen molar-refractivity contribution < 1.29 is 33.0 Å². The number of nitrogens with one attached hydrogen (secondary N) is 1. The third kappa shape index (κ3) is 5.06. The molecule has 2 aromatic carbocycles. The quantitative estimate of drug-likeness (QED) is 0.466. The Morgan fingerprint density at radius 1 is 0.943 bits per heavy atom. The van der Waals surface area contributed by atoms with Crippen LogP contribution in [0.3, 0.4) is 0 Å². The SMILES string of the molecule is COc1cc(NC(=O)CC2C(=O)N(c3cccc(OC)c3)C(=O)N2Cc2ccco2)cc(OC)c1. The molecule has 0 spiro atoms. The first-order chi connectivity index (χ1) is 16.9. The minimum absolute atomic E-state index is 0.0307. The van der Waals surface area contributed by atoms with Crippen molar-refractivity contribution in [2.75, 3.05) is 31.5 Å². The van der Waals surface area contributed by atoms with Gasteiger partial charge in [0, 0.05) is 30.0 Å². The lowest BCUT2D eigenvalue weighted by molar-refractivity contribution is -0.124. The molecule has 182 valence electrons. The lowest BCUT2D eigenvalue weighted by atomic mass is 10.1. The third-order valence-electron chi connectivity index (χ3n) is 5.55. The van der Waals surface area contributed by atoms with Gasteiger partial charge in [0.15, 0.2) is 0 Å². The van der Waals surface area contributed by atoms with E-state index in [4.69, 9.17) is 18.6 Å². The number of furan rings is 1. The second-order valence-electron chi connectivity index (χ2n) is 7.73. The van der Waals surface area contributed by atoms with Crippen molar-refractivity contribution >= 4 is 29.2 Å². The summed E-state index contributed by atoms with van der Waals surface area (Å²) in [5.74, 6) is 0.998. The fraction of sp³-hybridized carbons (Fsp3) is 0.240. The molecule has 0 aliphatic carbocycles. The van der Waals surface area contributed by atoms with E-state index in [0.717, 1.165) is 4.90 Å². The van der Waals surface area contributed by atoms with E-state index in [1.54, 1.807) is 54.6 Å². The van der Waals surface area contributed by atoms with E-state index in [-0.39, 0.29) is 13.0 Å². The van der Waals surface area contributed by atoms with E-state index in [1.807, 2.05) is 0 Å². The second-order valence-corrected chi connectivity index (χ2v) is 7.73. The number of carbonyl (C=O) groups excluding carboxylic acids is 3. The van der Waals surface area contributed by atoms with Gasteiger partial charge in [-0.1, -0.05) is 6.07 Å². The highest BCUT2D eigenvalue weighted by Gasteiger charge is 2.47. The van der Waals surface area contributed by atoms with Crippen LogP contribution in [0.4, 0.5) is 16.2 Å². The monoisotopic (exact) mass is 479 g/mol. The molecule has 0 radical (unpaired) electrons. The van der Waals surface area contributed by atoms with Gasteiger partial charge in [-0.15, -0.1) is 0 Å². The van der Waals surface area contributed by atoms with Crippen LogP contribution < -0.4 is 24.4 Å². The number of urea groups is 1. The number of methoxy groups -OCH3 is 3. The summed E-state index contributed by atoms with van der Waals surface area (Å²) in [6.45, 7) is 0.0307. The van der Waals surface area contributed by atoms with Gasteiger partial charge in [0.2, 0.25) is 5.91 Å². The molecular formula is C25H25N3O7. The summed E-state index contributed by atoms with van der Waals surface area (Å²) in [7, 11) is 4.50. The number of nitrogens with zero attached hydrogens (tertiary/aromatic N) is 2. The van der Waals surface area contributed by atoms with Crippen molar-refractivity contribution in [3.63, 3.8) is 0 Å². The van der Waals surface area contributed by atoms with Gasteiger partial charge in [0.25, 0.3) is 5.91 Å². The molecule has 1 aliphatic rings. The van der Waals surface area contributed by atoms with Crippen LogP contribution in [0.25, 0.3) is 0 Å². The molecular weight excluding hydrogens is 454 g/mol. The molecule has 0 bridgehead atoms. The van der Waals surface area contributed by atoms with E-state index in [0.29, 0.717) is 34.4 Å². The molecule has 1 atom stereocenters. The molecule has 1 N–H and O–H groups in total. The maximum absolute atomic E-state index is 13.4. The minimum atomic E-state index is -1.04. The summed E-state index contributed by atoms with van der Waals surface area (Å²) >= 11 is 0. The van der Waals surface area contributed by atoms with Crippen LogP contribution >= 0.6 is 0 Å². The fourth-order valence-corrected chi connectivity index (χ4v) is 3.84. The molecule has 1 saturated heterocycles. The fourth-order valence-electron chi connectivity index (χ4n) is 3.84. The Hall–Kier alpha value is -4.47. The Labute approximate surface area is 202 Å². The zero-order valence-corrected chi connectivity index (χ0v) is 19.5. The second kappa shape index (κ2) is 10.2. The smallest absolute Gasteiger partial charge is 0.332 e. The van der Waals surface area contributed by atoms with Gasteiger partial charge in [-0.2, -0.15) is 0 Å². The van der Waals surface area contributed by atoms with E-state index in [1.165, 1.54) is 32.5 Å². The molecule has 0 saturated carbocycles. The predicted octanol–water partition coefficient (Wildman–Crippen LogP) is 3.67. The zero-order chi connectivity index (χ0) is 24.9. The van der Waals surface area contributed by atoms with Crippen LogP contribution in [0.1, 0.15) is 12.2 Å². The summed E-state index contributed by atoms with van der Waals surface area (Å²) < 4.78 is 21.1. The highest BCUT2D eigenvalue weighted by atomic mass is 16.5. The summed E-state index contributed by atoms with van der Waals surface area (Å²) in [6.07, 6.45) is 1.22. The van der Waals surface area contributed by atoms with Crippen LogP contribution in [0.5, 0.6) is 17.2 Å². The lowest BCUT2D eigenvalue weighted by Gasteiger charge is -2.20. The van der Waals surface area contributed by atoms with Gasteiger partial charge in [-0.3, -0.25) is 9.59 Å². The number of imide groups is 1. The van der Waals surface area contributed by atoms with Crippen molar-refractivity contribution in [3.05, 3.63) is 66.6 Å². The van der Waals surface area contributed by atoms with Crippen LogP contribution in [0.15, 0.2) is 65.3 Å². The first kappa shape index (κ1) is 23.7. The molecule has 1 aliphatic heterocycles. The van der Waals surface area contributed by atoms with Gasteiger partial charge < -0.3 is 28.8 Å². The molecule has 3 aromatic rings. The number of amides is 4. The number of ether oxygens (including phenoxy) is 3. The predicted molar refractivity (Wildman–Crippen MR) is 127 cm³/mol. The maximum atomic E-state index is 13.4. The number of hydrogen-bond donors (Lipinski definition) is 1. The largest absolute Gasteiger partial charge is 0.497 e. The average molecular weight is 479 g/mol. The molecule has 4 rings (SSSR count). The van der Waals surface area contributed by atoms with Gasteiger partial charge in [-0.25, -0.2) is 9.69 Å². The van der Waals surface area contributed by atoms with Crippen molar-refractivity contribution in [2.45, 2.75) is 19.0 Å². The summed E-state index contributed by atoms with van der Waals surface area (Å²) in [6, 6.07) is 13.3. The summed E-state index contributed by atoms with van der Waals surface area (Å²) in [5, 5.41) is 2.75. The van der Waals surface area contributed by atoms with Gasteiger partial charge in [-0.05, 0) is 24.3 Å². The van der Waals surface area contributed by atoms with Gasteiger partial charge >= 0.3 is 6.03 Å². The summed E-state index contributed by atoms with van der Waals surface area (Å²) in [4.78, 5) is 42.1. The van der Waals surface area contributed by atoms with Gasteiger partial charge in [0.05, 0.1) is 46.2 Å². The maximum Gasteiger partial charge on any atom is 0.332 e. The van der Waals surface area contributed by atoms with Crippen LogP contribution in [0, 0.1) is 0 Å². The number of anilines is 2. The Morgan fingerprint density at radius 2 is 1.66 bits per heavy atom. The standard InChI is InChI=1S/C25H25N3O7/c1-32-18-7-4-6-17(12-18)28-24(30)22(27(25(28)31)15-19-8-5-9-35-19)14-23(29)26-16-10-20(33-2)13-21(11-16)34-3/h4-13,22H,14-15H2,1-3H3,(H,26,29). The average Bonchev–Trinajstić information content (AvgIpc) is 3.46. The first-order valence-corrected chi connectivity index (χ1v) is 10.8. The first-order valence-electron chi connectivity index (χ1n) is 10.8. The molecule has 1 unspecified atom stereocenters. The number of benzene rings is 2. The zero-order valence-electron chi connectivity index (χ0n) is 19.5. The van der Waals surface area contributed by atoms with E-state index in [2.05, 4.69) is 5.32 Å². The highest BCUT2D eigenvalue weighted by Crippen LogP contribution is 2.31. The molecule has 10 heteroatoms. The lowest BCUT2D eigenvalue weighted by Crippen LogP contribution is -2.37. The van der Waals surface area contributed by atoms with Crippen molar-refractivity contribution in [1.29, 1.82) is 0 Å². The van der Waals surface area contributed by atoms with Crippen molar-refractivity contribution in [2.24, 2.45) is 0 Å². The van der Waals surface area contributed by atoms with E-state index < -0.39 is 23.9 Å². The normalized spacial score (nSPS) is 15.3. The van der Waals surface area contributed by atoms with Crippen molar-refractivity contribution in [1.82, 2.24) is 4.90 Å². The van der Waals surface area contributed by atoms with E-state index in [9.17, 15) is 14.4 Å². The minimum Gasteiger partial charge on any atom is -0.497 e. The van der Waals surface area contributed by atoms with Crippen LogP contribution in [-0.4, -0.2) is 50.1 Å². The Kier molecular flexibility index (Phi) is 6.91. The molecule has 35 heavy (non-hydrogen) atoms. The van der Waals surface area contributed by atoms with Crippen LogP contribution in [0.2, 0.25) is 0 Å². The molecule has 2 heterocycles. The number of rotatable bonds is 9. The number of hydrogen-bond acceptors (Lipinski definition) is 7.